The topological polar surface area (TPSA) is 56.0 Å². The lowest BCUT2D eigenvalue weighted by Gasteiger charge is -2.18. The van der Waals surface area contributed by atoms with Gasteiger partial charge in [-0.3, -0.25) is 9.78 Å². The Morgan fingerprint density at radius 2 is 1.82 bits per heavy atom. The summed E-state index contributed by atoms with van der Waals surface area (Å²) < 4.78 is 0. The SMILES string of the molecule is NC(=O)c1ccnc(C2(c3cccc4ccccc34)CC2)c1. The Labute approximate surface area is 128 Å². The van der Waals surface area contributed by atoms with Gasteiger partial charge in [0.1, 0.15) is 0 Å². The zero-order valence-corrected chi connectivity index (χ0v) is 12.1. The first-order valence-electron chi connectivity index (χ1n) is 7.45. The Morgan fingerprint density at radius 1 is 1.05 bits per heavy atom. The van der Waals surface area contributed by atoms with Crippen LogP contribution in [-0.4, -0.2) is 10.9 Å². The van der Waals surface area contributed by atoms with E-state index in [0.29, 0.717) is 5.56 Å². The molecule has 0 aliphatic heterocycles. The van der Waals surface area contributed by atoms with Crippen LogP contribution in [0.2, 0.25) is 0 Å². The van der Waals surface area contributed by atoms with Gasteiger partial charge < -0.3 is 5.73 Å². The molecule has 0 bridgehead atoms. The van der Waals surface area contributed by atoms with E-state index in [4.69, 9.17) is 5.73 Å². The van der Waals surface area contributed by atoms with E-state index >= 15 is 0 Å². The number of rotatable bonds is 3. The largest absolute Gasteiger partial charge is 0.366 e. The molecule has 1 aliphatic carbocycles. The molecule has 1 fully saturated rings. The second-order valence-electron chi connectivity index (χ2n) is 5.90. The predicted octanol–water partition coefficient (Wildman–Crippen LogP) is 3.41. The van der Waals surface area contributed by atoms with E-state index in [9.17, 15) is 4.79 Å². The maximum atomic E-state index is 11.4. The van der Waals surface area contributed by atoms with Crippen LogP contribution in [0.15, 0.2) is 60.8 Å². The number of nitrogens with zero attached hydrogens (tertiary/aromatic N) is 1. The highest BCUT2D eigenvalue weighted by Crippen LogP contribution is 2.54. The molecule has 0 saturated heterocycles. The summed E-state index contributed by atoms with van der Waals surface area (Å²) in [6, 6.07) is 18.3. The predicted molar refractivity (Wildman–Crippen MR) is 86.7 cm³/mol. The molecule has 1 heterocycles. The zero-order valence-electron chi connectivity index (χ0n) is 12.1. The normalized spacial score (nSPS) is 15.6. The molecule has 3 aromatic rings. The van der Waals surface area contributed by atoms with Crippen LogP contribution in [0.5, 0.6) is 0 Å². The van der Waals surface area contributed by atoms with Crippen molar-refractivity contribution in [3.05, 3.63) is 77.6 Å². The number of hydrogen-bond donors (Lipinski definition) is 1. The van der Waals surface area contributed by atoms with Gasteiger partial charge in [0.15, 0.2) is 0 Å². The van der Waals surface area contributed by atoms with Gasteiger partial charge in [-0.25, -0.2) is 0 Å². The van der Waals surface area contributed by atoms with Crippen molar-refractivity contribution in [1.29, 1.82) is 0 Å². The van der Waals surface area contributed by atoms with Crippen LogP contribution in [0.3, 0.4) is 0 Å². The summed E-state index contributed by atoms with van der Waals surface area (Å²) >= 11 is 0. The van der Waals surface area contributed by atoms with Crippen LogP contribution in [0.25, 0.3) is 10.8 Å². The third-order valence-corrected chi connectivity index (χ3v) is 4.59. The van der Waals surface area contributed by atoms with E-state index in [2.05, 4.69) is 47.4 Å². The highest BCUT2D eigenvalue weighted by atomic mass is 16.1. The smallest absolute Gasteiger partial charge is 0.248 e. The Kier molecular flexibility index (Phi) is 2.76. The standard InChI is InChI=1S/C19H16N2O/c20-18(22)14-8-11-21-17(12-14)19(9-10-19)16-7-3-5-13-4-1-2-6-15(13)16/h1-8,11-12H,9-10H2,(H2,20,22). The first-order chi connectivity index (χ1) is 10.7. The average Bonchev–Trinajstić information content (AvgIpc) is 3.36. The summed E-state index contributed by atoms with van der Waals surface area (Å²) in [4.78, 5) is 16.0. The fourth-order valence-electron chi connectivity index (χ4n) is 3.28. The van der Waals surface area contributed by atoms with Crippen LogP contribution >= 0.6 is 0 Å². The minimum absolute atomic E-state index is 0.0771. The molecule has 0 unspecified atom stereocenters. The van der Waals surface area contributed by atoms with E-state index in [0.717, 1.165) is 18.5 Å². The summed E-state index contributed by atoms with van der Waals surface area (Å²) in [6.45, 7) is 0. The number of benzene rings is 2. The molecule has 3 nitrogen and oxygen atoms in total. The van der Waals surface area contributed by atoms with Crippen LogP contribution in [0.4, 0.5) is 0 Å². The van der Waals surface area contributed by atoms with Crippen LogP contribution < -0.4 is 5.73 Å². The Morgan fingerprint density at radius 3 is 2.59 bits per heavy atom. The van der Waals surface area contributed by atoms with Crippen molar-refractivity contribution in [3.63, 3.8) is 0 Å². The molecule has 2 N–H and O–H groups in total. The average molecular weight is 288 g/mol. The van der Waals surface area contributed by atoms with Crippen molar-refractivity contribution in [2.45, 2.75) is 18.3 Å². The van der Waals surface area contributed by atoms with Crippen molar-refractivity contribution in [1.82, 2.24) is 4.98 Å². The molecule has 1 saturated carbocycles. The fourth-order valence-corrected chi connectivity index (χ4v) is 3.28. The number of carbonyl (C=O) groups excluding carboxylic acids is 1. The van der Waals surface area contributed by atoms with Crippen LogP contribution in [0, 0.1) is 0 Å². The van der Waals surface area contributed by atoms with Gasteiger partial charge in [0.25, 0.3) is 0 Å². The lowest BCUT2D eigenvalue weighted by Crippen LogP contribution is -2.16. The van der Waals surface area contributed by atoms with Crippen LogP contribution in [0.1, 0.15) is 34.5 Å². The van der Waals surface area contributed by atoms with Gasteiger partial charge in [0.05, 0.1) is 5.69 Å². The quantitative estimate of drug-likeness (QED) is 0.803. The molecule has 0 radical (unpaired) electrons. The monoisotopic (exact) mass is 288 g/mol. The molecule has 0 spiro atoms. The summed E-state index contributed by atoms with van der Waals surface area (Å²) in [7, 11) is 0. The number of fused-ring (bicyclic) bond motifs is 1. The molecule has 108 valence electrons. The molecule has 1 amide bonds. The number of pyridine rings is 1. The zero-order chi connectivity index (χ0) is 15.2. The lowest BCUT2D eigenvalue weighted by atomic mass is 9.87. The molecule has 22 heavy (non-hydrogen) atoms. The van der Waals surface area contributed by atoms with Crippen LogP contribution in [-0.2, 0) is 5.41 Å². The van der Waals surface area contributed by atoms with E-state index in [-0.39, 0.29) is 5.41 Å². The lowest BCUT2D eigenvalue weighted by molar-refractivity contribution is 0.1000. The van der Waals surface area contributed by atoms with E-state index in [1.807, 2.05) is 6.07 Å². The van der Waals surface area contributed by atoms with Crippen molar-refractivity contribution >= 4 is 16.7 Å². The third kappa shape index (κ3) is 1.90. The molecule has 1 aliphatic rings. The third-order valence-electron chi connectivity index (χ3n) is 4.59. The van der Waals surface area contributed by atoms with Gasteiger partial charge in [0.2, 0.25) is 5.91 Å². The number of hydrogen-bond acceptors (Lipinski definition) is 2. The highest BCUT2D eigenvalue weighted by molar-refractivity contribution is 5.93. The molecular formula is C19H16N2O. The summed E-state index contributed by atoms with van der Waals surface area (Å²) in [6.07, 6.45) is 3.78. The van der Waals surface area contributed by atoms with E-state index < -0.39 is 5.91 Å². The first kappa shape index (κ1) is 13.0. The van der Waals surface area contributed by atoms with Crippen molar-refractivity contribution < 1.29 is 4.79 Å². The Bertz CT molecular complexity index is 876. The number of nitrogens with two attached hydrogens (primary N) is 1. The summed E-state index contributed by atoms with van der Waals surface area (Å²) in [5, 5.41) is 2.49. The number of amides is 1. The maximum Gasteiger partial charge on any atom is 0.248 e. The second kappa shape index (κ2) is 4.67. The van der Waals surface area contributed by atoms with Gasteiger partial charge >= 0.3 is 0 Å². The van der Waals surface area contributed by atoms with E-state index in [1.165, 1.54) is 16.3 Å². The van der Waals surface area contributed by atoms with Crippen molar-refractivity contribution in [2.75, 3.05) is 0 Å². The maximum absolute atomic E-state index is 11.4. The van der Waals surface area contributed by atoms with Crippen molar-refractivity contribution in [3.8, 4) is 0 Å². The second-order valence-corrected chi connectivity index (χ2v) is 5.90. The van der Waals surface area contributed by atoms with Gasteiger partial charge in [0, 0.05) is 17.2 Å². The van der Waals surface area contributed by atoms with E-state index in [1.54, 1.807) is 12.3 Å². The molecular weight excluding hydrogens is 272 g/mol. The number of aromatic nitrogens is 1. The van der Waals surface area contributed by atoms with Gasteiger partial charge in [-0.05, 0) is 41.3 Å². The molecule has 2 aromatic carbocycles. The van der Waals surface area contributed by atoms with Gasteiger partial charge in [-0.2, -0.15) is 0 Å². The highest BCUT2D eigenvalue weighted by Gasteiger charge is 2.48. The summed E-state index contributed by atoms with van der Waals surface area (Å²) in [5.41, 5.74) is 8.09. The number of primary amides is 1. The molecule has 0 atom stereocenters. The minimum atomic E-state index is -0.405. The summed E-state index contributed by atoms with van der Waals surface area (Å²) in [5.74, 6) is -0.405. The van der Waals surface area contributed by atoms with Crippen molar-refractivity contribution in [2.24, 2.45) is 5.73 Å². The Hall–Kier alpha value is -2.68. The molecule has 1 aromatic heterocycles. The number of carbonyl (C=O) groups is 1. The Balaban J connectivity index is 1.91. The molecule has 3 heteroatoms. The van der Waals surface area contributed by atoms with Gasteiger partial charge in [-0.15, -0.1) is 0 Å². The minimum Gasteiger partial charge on any atom is -0.366 e. The molecule has 4 rings (SSSR count). The fraction of sp³-hybridized carbons (Fsp3) is 0.158. The first-order valence-corrected chi connectivity index (χ1v) is 7.45. The van der Waals surface area contributed by atoms with Gasteiger partial charge in [-0.1, -0.05) is 42.5 Å².